The quantitative estimate of drug-likeness (QED) is 0.465. The second-order valence-electron chi connectivity index (χ2n) is 8.93. The minimum Gasteiger partial charge on any atom is -0.459 e. The third-order valence-corrected chi connectivity index (χ3v) is 6.37. The van der Waals surface area contributed by atoms with Crippen molar-refractivity contribution < 1.29 is 23.2 Å². The molecule has 0 aliphatic heterocycles. The van der Waals surface area contributed by atoms with Gasteiger partial charge in [-0.1, -0.05) is 67.8 Å². The van der Waals surface area contributed by atoms with Crippen LogP contribution in [0.15, 0.2) is 77.4 Å². The number of benzene rings is 2. The van der Waals surface area contributed by atoms with Crippen LogP contribution in [0.25, 0.3) is 0 Å². The van der Waals surface area contributed by atoms with Crippen LogP contribution in [0, 0.1) is 5.82 Å². The summed E-state index contributed by atoms with van der Waals surface area (Å²) in [4.78, 5) is 40.9. The molecule has 0 bridgehead atoms. The number of halogens is 1. The van der Waals surface area contributed by atoms with Crippen molar-refractivity contribution in [3.8, 4) is 0 Å². The van der Waals surface area contributed by atoms with Gasteiger partial charge >= 0.3 is 0 Å². The highest BCUT2D eigenvalue weighted by Crippen LogP contribution is 2.27. The molecule has 3 aromatic rings. The number of carbonyl (C=O) groups excluding carboxylic acids is 3. The van der Waals surface area contributed by atoms with Gasteiger partial charge < -0.3 is 20.0 Å². The lowest BCUT2D eigenvalue weighted by Crippen LogP contribution is -2.49. The van der Waals surface area contributed by atoms with Crippen molar-refractivity contribution in [3.63, 3.8) is 0 Å². The van der Waals surface area contributed by atoms with Crippen LogP contribution in [-0.2, 0) is 16.1 Å². The summed E-state index contributed by atoms with van der Waals surface area (Å²) in [5.74, 6) is -2.02. The minimum absolute atomic E-state index is 0.0205. The number of rotatable bonds is 9. The van der Waals surface area contributed by atoms with Crippen LogP contribution < -0.4 is 10.6 Å². The van der Waals surface area contributed by atoms with E-state index < -0.39 is 29.6 Å². The first-order valence-electron chi connectivity index (χ1n) is 12.2. The Morgan fingerprint density at radius 1 is 0.944 bits per heavy atom. The number of nitrogens with zero attached hydrogens (tertiary/aromatic N) is 1. The number of nitrogens with one attached hydrogen (secondary N) is 2. The van der Waals surface area contributed by atoms with Crippen LogP contribution >= 0.6 is 0 Å². The molecule has 1 fully saturated rings. The fourth-order valence-corrected chi connectivity index (χ4v) is 4.53. The number of hydrogen-bond acceptors (Lipinski definition) is 4. The maximum atomic E-state index is 15.0. The zero-order chi connectivity index (χ0) is 25.3. The molecular formula is C28H30FN3O4. The molecule has 0 unspecified atom stereocenters. The van der Waals surface area contributed by atoms with Gasteiger partial charge in [-0.25, -0.2) is 4.39 Å². The Kier molecular flexibility index (Phi) is 8.49. The van der Waals surface area contributed by atoms with Gasteiger partial charge in [-0.05, 0) is 36.6 Å². The highest BCUT2D eigenvalue weighted by atomic mass is 19.1. The van der Waals surface area contributed by atoms with E-state index in [0.29, 0.717) is 0 Å². The van der Waals surface area contributed by atoms with E-state index in [1.807, 2.05) is 30.3 Å². The van der Waals surface area contributed by atoms with Gasteiger partial charge in [0.15, 0.2) is 5.76 Å². The monoisotopic (exact) mass is 491 g/mol. The number of furan rings is 1. The van der Waals surface area contributed by atoms with Crippen molar-refractivity contribution in [1.82, 2.24) is 15.5 Å². The molecule has 1 aliphatic carbocycles. The molecule has 7 nitrogen and oxygen atoms in total. The smallest absolute Gasteiger partial charge is 0.287 e. The number of carbonyl (C=O) groups is 3. The van der Waals surface area contributed by atoms with Crippen LogP contribution in [0.2, 0.25) is 0 Å². The van der Waals surface area contributed by atoms with Crippen LogP contribution in [-0.4, -0.2) is 35.2 Å². The lowest BCUT2D eigenvalue weighted by molar-refractivity contribution is -0.141. The van der Waals surface area contributed by atoms with Crippen molar-refractivity contribution in [2.24, 2.45) is 0 Å². The van der Waals surface area contributed by atoms with Crippen LogP contribution in [0.5, 0.6) is 0 Å². The SMILES string of the molecule is O=C(NCC(=O)N(Cc1ccccc1)[C@H](C(=O)NC1CCCCC1)c1ccccc1F)c1ccco1. The fourth-order valence-electron chi connectivity index (χ4n) is 4.53. The van der Waals surface area contributed by atoms with E-state index in [9.17, 15) is 14.4 Å². The van der Waals surface area contributed by atoms with Crippen molar-refractivity contribution in [2.45, 2.75) is 50.7 Å². The van der Waals surface area contributed by atoms with Crippen LogP contribution in [0.3, 0.4) is 0 Å². The lowest BCUT2D eigenvalue weighted by atomic mass is 9.94. The molecule has 1 saturated carbocycles. The molecule has 4 rings (SSSR count). The van der Waals surface area contributed by atoms with E-state index in [-0.39, 0.29) is 30.5 Å². The Morgan fingerprint density at radius 2 is 1.67 bits per heavy atom. The Hall–Kier alpha value is -3.94. The van der Waals surface area contributed by atoms with E-state index in [1.54, 1.807) is 18.2 Å². The second kappa shape index (κ2) is 12.2. The fraction of sp³-hybridized carbons (Fsp3) is 0.321. The molecule has 3 amide bonds. The molecule has 2 N–H and O–H groups in total. The average molecular weight is 492 g/mol. The molecular weight excluding hydrogens is 461 g/mol. The van der Waals surface area contributed by atoms with Crippen LogP contribution in [0.1, 0.15) is 59.8 Å². The topological polar surface area (TPSA) is 91.7 Å². The summed E-state index contributed by atoms with van der Waals surface area (Å²) in [6.45, 7) is -0.318. The first kappa shape index (κ1) is 25.2. The highest BCUT2D eigenvalue weighted by Gasteiger charge is 2.34. The largest absolute Gasteiger partial charge is 0.459 e. The molecule has 1 atom stereocenters. The number of amides is 3. The third kappa shape index (κ3) is 6.38. The predicted molar refractivity (Wildman–Crippen MR) is 132 cm³/mol. The summed E-state index contributed by atoms with van der Waals surface area (Å²) in [5.41, 5.74) is 0.877. The molecule has 0 radical (unpaired) electrons. The van der Waals surface area contributed by atoms with Gasteiger partial charge in [0, 0.05) is 18.2 Å². The first-order valence-corrected chi connectivity index (χ1v) is 12.2. The summed E-state index contributed by atoms with van der Waals surface area (Å²) in [5, 5.41) is 5.59. The van der Waals surface area contributed by atoms with Crippen LogP contribution in [0.4, 0.5) is 4.39 Å². The Balaban J connectivity index is 1.63. The molecule has 8 heteroatoms. The third-order valence-electron chi connectivity index (χ3n) is 6.37. The van der Waals surface area contributed by atoms with Gasteiger partial charge in [-0.15, -0.1) is 0 Å². The van der Waals surface area contributed by atoms with Crippen molar-refractivity contribution >= 4 is 17.7 Å². The zero-order valence-electron chi connectivity index (χ0n) is 20.0. The Morgan fingerprint density at radius 3 is 2.36 bits per heavy atom. The van der Waals surface area contributed by atoms with Gasteiger partial charge in [0.1, 0.15) is 11.9 Å². The lowest BCUT2D eigenvalue weighted by Gasteiger charge is -2.33. The van der Waals surface area contributed by atoms with Gasteiger partial charge in [0.2, 0.25) is 11.8 Å². The van der Waals surface area contributed by atoms with Gasteiger partial charge in [-0.2, -0.15) is 0 Å². The van der Waals surface area contributed by atoms with Gasteiger partial charge in [-0.3, -0.25) is 14.4 Å². The predicted octanol–water partition coefficient (Wildman–Crippen LogP) is 4.37. The maximum absolute atomic E-state index is 15.0. The van der Waals surface area contributed by atoms with E-state index in [0.717, 1.165) is 37.7 Å². The molecule has 36 heavy (non-hydrogen) atoms. The molecule has 1 aliphatic rings. The molecule has 0 spiro atoms. The first-order chi connectivity index (χ1) is 17.5. The standard InChI is InChI=1S/C28H30FN3O4/c29-23-15-8-7-14-22(23)26(28(35)31-21-12-5-2-6-13-21)32(19-20-10-3-1-4-11-20)25(33)18-30-27(34)24-16-9-17-36-24/h1,3-4,7-11,14-17,21,26H,2,5-6,12-13,18-19H2,(H,30,34)(H,31,35)/t26-/m0/s1. The molecule has 1 aromatic heterocycles. The Labute approximate surface area is 209 Å². The summed E-state index contributed by atoms with van der Waals surface area (Å²) < 4.78 is 20.1. The highest BCUT2D eigenvalue weighted by molar-refractivity contribution is 5.95. The zero-order valence-corrected chi connectivity index (χ0v) is 20.0. The Bertz CT molecular complexity index is 1160. The summed E-state index contributed by atoms with van der Waals surface area (Å²) in [6.07, 6.45) is 6.21. The summed E-state index contributed by atoms with van der Waals surface area (Å²) in [7, 11) is 0. The second-order valence-corrected chi connectivity index (χ2v) is 8.93. The van der Waals surface area contributed by atoms with E-state index in [1.165, 1.54) is 29.4 Å². The number of hydrogen-bond donors (Lipinski definition) is 2. The molecule has 0 saturated heterocycles. The summed E-state index contributed by atoms with van der Waals surface area (Å²) in [6, 6.07) is 17.0. The van der Waals surface area contributed by atoms with E-state index in [2.05, 4.69) is 10.6 Å². The van der Waals surface area contributed by atoms with Crippen molar-refractivity contribution in [1.29, 1.82) is 0 Å². The maximum Gasteiger partial charge on any atom is 0.287 e. The molecule has 2 aromatic carbocycles. The van der Waals surface area contributed by atoms with Gasteiger partial charge in [0.05, 0.1) is 12.8 Å². The van der Waals surface area contributed by atoms with Gasteiger partial charge in [0.25, 0.3) is 5.91 Å². The molecule has 1 heterocycles. The van der Waals surface area contributed by atoms with Crippen molar-refractivity contribution in [3.05, 3.63) is 95.7 Å². The van der Waals surface area contributed by atoms with E-state index >= 15 is 4.39 Å². The van der Waals surface area contributed by atoms with Crippen molar-refractivity contribution in [2.75, 3.05) is 6.54 Å². The molecule has 188 valence electrons. The average Bonchev–Trinajstić information content (AvgIpc) is 3.44. The minimum atomic E-state index is -1.21. The van der Waals surface area contributed by atoms with E-state index in [4.69, 9.17) is 4.42 Å². The summed E-state index contributed by atoms with van der Waals surface area (Å²) >= 11 is 0. The normalized spacial score (nSPS) is 14.6.